The Labute approximate surface area is 150 Å². The van der Waals surface area contributed by atoms with Crippen LogP contribution in [0.4, 0.5) is 17.6 Å². The minimum absolute atomic E-state index is 0.0467. The van der Waals surface area contributed by atoms with Crippen LogP contribution < -0.4 is 0 Å². The molecule has 1 N–H and O–H groups in total. The number of nitrogens with zero attached hydrogens (tertiary/aromatic N) is 3. The lowest BCUT2D eigenvalue weighted by atomic mass is 10.0. The van der Waals surface area contributed by atoms with E-state index in [-0.39, 0.29) is 24.3 Å². The van der Waals surface area contributed by atoms with E-state index in [1.54, 1.807) is 12.1 Å². The normalized spacial score (nSPS) is 11.6. The lowest BCUT2D eigenvalue weighted by Gasteiger charge is -2.10. The molecule has 5 nitrogen and oxygen atoms in total. The number of aromatic nitrogens is 3. The molecular formula is C18H13F4N3O2. The van der Waals surface area contributed by atoms with E-state index in [2.05, 4.69) is 10.1 Å². The second-order valence-electron chi connectivity index (χ2n) is 5.81. The number of aldehydes is 1. The maximum Gasteiger partial charge on any atom is 0.416 e. The van der Waals surface area contributed by atoms with Gasteiger partial charge in [0.05, 0.1) is 12.2 Å². The van der Waals surface area contributed by atoms with Gasteiger partial charge in [0.15, 0.2) is 12.1 Å². The molecule has 2 aromatic heterocycles. The first-order valence-corrected chi connectivity index (χ1v) is 7.76. The number of carbonyl (C=O) groups excluding carboxylic acids is 1. The predicted octanol–water partition coefficient (Wildman–Crippen LogP) is 3.32. The van der Waals surface area contributed by atoms with Gasteiger partial charge >= 0.3 is 6.18 Å². The van der Waals surface area contributed by atoms with E-state index in [9.17, 15) is 27.5 Å². The van der Waals surface area contributed by atoms with Crippen LogP contribution in [-0.4, -0.2) is 26.2 Å². The molecule has 9 heteroatoms. The average Bonchev–Trinajstić information content (AvgIpc) is 3.04. The standard InChI is InChI=1S/C18H13F4N3O2/c19-15-5-12(4-14(7-15)18(20,21)22)3-11-1-2-23-17(6-11)25-8-13(9-26)16(10-27)24-25/h1-2,4-8,10,26H,3,9H2. The van der Waals surface area contributed by atoms with E-state index in [0.29, 0.717) is 29.3 Å². The predicted molar refractivity (Wildman–Crippen MR) is 86.9 cm³/mol. The van der Waals surface area contributed by atoms with Crippen LogP contribution in [0.5, 0.6) is 0 Å². The van der Waals surface area contributed by atoms with Gasteiger partial charge in [0.25, 0.3) is 0 Å². The quantitative estimate of drug-likeness (QED) is 0.546. The zero-order valence-electron chi connectivity index (χ0n) is 13.7. The molecule has 3 aromatic rings. The highest BCUT2D eigenvalue weighted by molar-refractivity contribution is 5.74. The van der Waals surface area contributed by atoms with Gasteiger partial charge in [0.1, 0.15) is 11.5 Å². The maximum atomic E-state index is 13.5. The molecule has 0 aliphatic carbocycles. The van der Waals surface area contributed by atoms with Crippen LogP contribution in [-0.2, 0) is 19.2 Å². The molecule has 0 aliphatic rings. The SMILES string of the molecule is O=Cc1nn(-c2cc(Cc3cc(F)cc(C(F)(F)F)c3)ccn2)cc1CO. The Morgan fingerprint density at radius 1 is 1.15 bits per heavy atom. The van der Waals surface area contributed by atoms with E-state index >= 15 is 0 Å². The van der Waals surface area contributed by atoms with Gasteiger partial charge in [-0.05, 0) is 47.9 Å². The van der Waals surface area contributed by atoms with Crippen molar-refractivity contribution in [2.75, 3.05) is 0 Å². The van der Waals surface area contributed by atoms with Gasteiger partial charge < -0.3 is 5.11 Å². The first-order valence-electron chi connectivity index (χ1n) is 7.76. The van der Waals surface area contributed by atoms with Crippen molar-refractivity contribution >= 4 is 6.29 Å². The first-order chi connectivity index (χ1) is 12.8. The van der Waals surface area contributed by atoms with Crippen LogP contribution in [0.1, 0.15) is 32.7 Å². The number of halogens is 4. The lowest BCUT2D eigenvalue weighted by Crippen LogP contribution is -2.07. The third kappa shape index (κ3) is 4.20. The summed E-state index contributed by atoms with van der Waals surface area (Å²) in [5, 5.41) is 13.2. The fourth-order valence-corrected chi connectivity index (χ4v) is 2.61. The highest BCUT2D eigenvalue weighted by atomic mass is 19.4. The number of rotatable bonds is 5. The van der Waals surface area contributed by atoms with E-state index in [1.807, 2.05) is 0 Å². The molecule has 0 radical (unpaired) electrons. The summed E-state index contributed by atoms with van der Waals surface area (Å²) in [6, 6.07) is 5.52. The Kier molecular flexibility index (Phi) is 5.04. The van der Waals surface area contributed by atoms with E-state index in [1.165, 1.54) is 17.1 Å². The van der Waals surface area contributed by atoms with Gasteiger partial charge in [-0.1, -0.05) is 0 Å². The van der Waals surface area contributed by atoms with Gasteiger partial charge in [-0.15, -0.1) is 0 Å². The Balaban J connectivity index is 1.92. The van der Waals surface area contributed by atoms with Gasteiger partial charge in [-0.2, -0.15) is 18.3 Å². The number of pyridine rings is 1. The molecule has 27 heavy (non-hydrogen) atoms. The van der Waals surface area contributed by atoms with Crippen LogP contribution in [0.15, 0.2) is 42.7 Å². The van der Waals surface area contributed by atoms with E-state index < -0.39 is 17.6 Å². The third-order valence-corrected chi connectivity index (χ3v) is 3.84. The zero-order valence-corrected chi connectivity index (χ0v) is 13.7. The average molecular weight is 379 g/mol. The molecule has 2 heterocycles. The van der Waals surface area contributed by atoms with Crippen molar-refractivity contribution < 1.29 is 27.5 Å². The molecule has 0 fully saturated rings. The van der Waals surface area contributed by atoms with Crippen LogP contribution in [0.2, 0.25) is 0 Å². The number of aliphatic hydroxyl groups excluding tert-OH is 1. The fourth-order valence-electron chi connectivity index (χ4n) is 2.61. The van der Waals surface area contributed by atoms with Crippen molar-refractivity contribution in [3.05, 3.63) is 76.5 Å². The van der Waals surface area contributed by atoms with Crippen LogP contribution in [0, 0.1) is 5.82 Å². The van der Waals surface area contributed by atoms with E-state index in [0.717, 1.165) is 12.1 Å². The topological polar surface area (TPSA) is 68.0 Å². The van der Waals surface area contributed by atoms with E-state index in [4.69, 9.17) is 0 Å². The molecule has 0 saturated heterocycles. The summed E-state index contributed by atoms with van der Waals surface area (Å²) in [5.74, 6) is -0.660. The molecular weight excluding hydrogens is 366 g/mol. The molecule has 0 spiro atoms. The van der Waals surface area contributed by atoms with Crippen molar-refractivity contribution in [3.8, 4) is 5.82 Å². The number of hydrogen-bond donors (Lipinski definition) is 1. The summed E-state index contributed by atoms with van der Waals surface area (Å²) in [6.45, 7) is -0.378. The van der Waals surface area contributed by atoms with Crippen molar-refractivity contribution in [1.82, 2.24) is 14.8 Å². The van der Waals surface area contributed by atoms with Crippen molar-refractivity contribution in [2.45, 2.75) is 19.2 Å². The summed E-state index contributed by atoms with van der Waals surface area (Å²) in [5.41, 5.74) is 0.0564. The van der Waals surface area contributed by atoms with Gasteiger partial charge in [-0.3, -0.25) is 4.79 Å². The number of benzene rings is 1. The minimum atomic E-state index is -4.64. The van der Waals surface area contributed by atoms with Crippen molar-refractivity contribution in [2.24, 2.45) is 0 Å². The van der Waals surface area contributed by atoms with Crippen molar-refractivity contribution in [3.63, 3.8) is 0 Å². The molecule has 0 atom stereocenters. The second-order valence-corrected chi connectivity index (χ2v) is 5.81. The molecule has 0 bridgehead atoms. The van der Waals surface area contributed by atoms with Crippen molar-refractivity contribution in [1.29, 1.82) is 0 Å². The largest absolute Gasteiger partial charge is 0.416 e. The first kappa shape index (κ1) is 18.7. The summed E-state index contributed by atoms with van der Waals surface area (Å²) in [4.78, 5) is 15.0. The number of aliphatic hydroxyl groups is 1. The highest BCUT2D eigenvalue weighted by Crippen LogP contribution is 2.31. The molecule has 0 unspecified atom stereocenters. The monoisotopic (exact) mass is 379 g/mol. The van der Waals surface area contributed by atoms with Gasteiger partial charge in [0, 0.05) is 18.0 Å². The Morgan fingerprint density at radius 3 is 2.56 bits per heavy atom. The van der Waals surface area contributed by atoms with Crippen LogP contribution in [0.25, 0.3) is 5.82 Å². The summed E-state index contributed by atoms with van der Waals surface area (Å²) in [6.07, 6.45) is -1.24. The number of hydrogen-bond acceptors (Lipinski definition) is 4. The zero-order chi connectivity index (χ0) is 19.6. The smallest absolute Gasteiger partial charge is 0.392 e. The van der Waals surface area contributed by atoms with Gasteiger partial charge in [-0.25, -0.2) is 14.1 Å². The molecule has 1 aromatic carbocycles. The Hall–Kier alpha value is -3.07. The summed E-state index contributed by atoms with van der Waals surface area (Å²) in [7, 11) is 0. The highest BCUT2D eigenvalue weighted by Gasteiger charge is 2.31. The Morgan fingerprint density at radius 2 is 1.93 bits per heavy atom. The molecule has 140 valence electrons. The third-order valence-electron chi connectivity index (χ3n) is 3.84. The summed E-state index contributed by atoms with van der Waals surface area (Å²) < 4.78 is 53.4. The molecule has 0 amide bonds. The molecule has 0 saturated carbocycles. The number of alkyl halides is 3. The minimum Gasteiger partial charge on any atom is -0.392 e. The molecule has 3 rings (SSSR count). The Bertz CT molecular complexity index is 983. The van der Waals surface area contributed by atoms with Crippen LogP contribution in [0.3, 0.4) is 0 Å². The number of carbonyl (C=O) groups is 1. The second kappa shape index (κ2) is 7.28. The summed E-state index contributed by atoms with van der Waals surface area (Å²) >= 11 is 0. The molecule has 0 aliphatic heterocycles. The fraction of sp³-hybridized carbons (Fsp3) is 0.167. The maximum absolute atomic E-state index is 13.5. The lowest BCUT2D eigenvalue weighted by molar-refractivity contribution is -0.137. The van der Waals surface area contributed by atoms with Crippen LogP contribution >= 0.6 is 0 Å². The van der Waals surface area contributed by atoms with Gasteiger partial charge in [0.2, 0.25) is 0 Å².